The van der Waals surface area contributed by atoms with Gasteiger partial charge in [0.15, 0.2) is 5.78 Å². The molecule has 0 fully saturated rings. The third-order valence-electron chi connectivity index (χ3n) is 3.18. The summed E-state index contributed by atoms with van der Waals surface area (Å²) in [5.74, 6) is -0.240. The normalized spacial score (nSPS) is 10.9. The molecular weight excluding hydrogens is 374 g/mol. The minimum absolute atomic E-state index is 0.0515. The summed E-state index contributed by atoms with van der Waals surface area (Å²) < 4.78 is 10.7. The number of carbonyl (C=O) groups is 2. The molecule has 0 spiro atoms. The molecule has 0 saturated carbocycles. The number of ether oxygens (including phenoxy) is 2. The predicted molar refractivity (Wildman–Crippen MR) is 95.2 cm³/mol. The van der Waals surface area contributed by atoms with Gasteiger partial charge in [0.1, 0.15) is 11.4 Å². The number of hydrogen-bond donors (Lipinski definition) is 1. The highest BCUT2D eigenvalue weighted by Gasteiger charge is 2.13. The predicted octanol–water partition coefficient (Wildman–Crippen LogP) is 3.81. The fourth-order valence-corrected chi connectivity index (χ4v) is 2.18. The van der Waals surface area contributed by atoms with Crippen LogP contribution in [0.4, 0.5) is 5.69 Å². The number of rotatable bonds is 6. The maximum Gasteiger partial charge on any atom is 0.354 e. The van der Waals surface area contributed by atoms with Crippen LogP contribution in [-0.4, -0.2) is 26.0 Å². The van der Waals surface area contributed by atoms with E-state index in [0.29, 0.717) is 17.0 Å². The molecule has 0 aliphatic carbocycles. The highest BCUT2D eigenvalue weighted by Crippen LogP contribution is 2.18. The molecule has 0 bridgehead atoms. The topological polar surface area (TPSA) is 64.6 Å². The van der Waals surface area contributed by atoms with Crippen LogP contribution >= 0.6 is 15.9 Å². The van der Waals surface area contributed by atoms with Crippen LogP contribution in [0, 0.1) is 0 Å². The molecule has 1 N–H and O–H groups in total. The SMILES string of the molecule is COC(=O)C(=CC(=O)c1ccc(Br)cc1)Nc1ccc(OC)cc1. The monoisotopic (exact) mass is 389 g/mol. The van der Waals surface area contributed by atoms with Crippen LogP contribution in [0.15, 0.2) is 64.8 Å². The standard InChI is InChI=1S/C18H16BrNO4/c1-23-15-9-7-14(8-10-15)20-16(18(22)24-2)11-17(21)12-3-5-13(19)6-4-12/h3-11,20H,1-2H3. The van der Waals surface area contributed by atoms with Crippen LogP contribution < -0.4 is 10.1 Å². The summed E-state index contributed by atoms with van der Waals surface area (Å²) in [6.45, 7) is 0. The minimum Gasteiger partial charge on any atom is -0.497 e. The zero-order valence-corrected chi connectivity index (χ0v) is 14.8. The number of methoxy groups -OCH3 is 2. The van der Waals surface area contributed by atoms with Gasteiger partial charge in [-0.3, -0.25) is 4.79 Å². The number of esters is 1. The van der Waals surface area contributed by atoms with Gasteiger partial charge in [-0.1, -0.05) is 15.9 Å². The summed E-state index contributed by atoms with van der Waals surface area (Å²) in [6, 6.07) is 13.8. The summed E-state index contributed by atoms with van der Waals surface area (Å²) >= 11 is 3.31. The van der Waals surface area contributed by atoms with Crippen molar-refractivity contribution in [2.45, 2.75) is 0 Å². The van der Waals surface area contributed by atoms with Gasteiger partial charge in [-0.25, -0.2) is 4.79 Å². The van der Waals surface area contributed by atoms with E-state index in [4.69, 9.17) is 9.47 Å². The van der Waals surface area contributed by atoms with E-state index >= 15 is 0 Å². The number of benzene rings is 2. The van der Waals surface area contributed by atoms with E-state index in [0.717, 1.165) is 4.47 Å². The van der Waals surface area contributed by atoms with Gasteiger partial charge in [0.2, 0.25) is 0 Å². The molecule has 0 aliphatic rings. The van der Waals surface area contributed by atoms with Gasteiger partial charge in [-0.05, 0) is 48.5 Å². The Balaban J connectivity index is 2.24. The van der Waals surface area contributed by atoms with Crippen molar-refractivity contribution >= 4 is 33.4 Å². The van der Waals surface area contributed by atoms with Crippen LogP contribution in [0.5, 0.6) is 5.75 Å². The van der Waals surface area contributed by atoms with E-state index in [-0.39, 0.29) is 11.5 Å². The van der Waals surface area contributed by atoms with E-state index in [1.807, 2.05) is 0 Å². The molecule has 0 unspecified atom stereocenters. The molecule has 0 atom stereocenters. The van der Waals surface area contributed by atoms with Crippen LogP contribution in [-0.2, 0) is 9.53 Å². The molecule has 0 amide bonds. The number of nitrogens with one attached hydrogen (secondary N) is 1. The van der Waals surface area contributed by atoms with E-state index in [1.165, 1.54) is 13.2 Å². The van der Waals surface area contributed by atoms with E-state index < -0.39 is 5.97 Å². The Hall–Kier alpha value is -2.60. The first-order chi connectivity index (χ1) is 11.5. The van der Waals surface area contributed by atoms with E-state index in [9.17, 15) is 9.59 Å². The largest absolute Gasteiger partial charge is 0.497 e. The Labute approximate surface area is 148 Å². The highest BCUT2D eigenvalue weighted by molar-refractivity contribution is 9.10. The van der Waals surface area contributed by atoms with Gasteiger partial charge in [0.25, 0.3) is 0 Å². The Morgan fingerprint density at radius 2 is 1.62 bits per heavy atom. The number of halogens is 1. The van der Waals surface area contributed by atoms with Crippen LogP contribution in [0.3, 0.4) is 0 Å². The van der Waals surface area contributed by atoms with Crippen molar-refractivity contribution in [1.82, 2.24) is 0 Å². The van der Waals surface area contributed by atoms with Gasteiger partial charge >= 0.3 is 5.97 Å². The molecule has 6 heteroatoms. The molecule has 2 aromatic carbocycles. The third kappa shape index (κ3) is 4.70. The zero-order valence-electron chi connectivity index (χ0n) is 13.2. The molecule has 0 heterocycles. The Morgan fingerprint density at radius 3 is 2.17 bits per heavy atom. The maximum atomic E-state index is 12.3. The molecule has 0 radical (unpaired) electrons. The number of allylic oxidation sites excluding steroid dienone is 1. The Morgan fingerprint density at radius 1 is 1.00 bits per heavy atom. The average Bonchev–Trinajstić information content (AvgIpc) is 2.61. The van der Waals surface area contributed by atoms with Crippen molar-refractivity contribution in [2.75, 3.05) is 19.5 Å². The van der Waals surface area contributed by atoms with Crippen LogP contribution in [0.1, 0.15) is 10.4 Å². The first kappa shape index (κ1) is 17.7. The molecular formula is C18H16BrNO4. The maximum absolute atomic E-state index is 12.3. The number of ketones is 1. The summed E-state index contributed by atoms with van der Waals surface area (Å²) in [7, 11) is 2.83. The fraction of sp³-hybridized carbons (Fsp3) is 0.111. The van der Waals surface area contributed by atoms with Crippen LogP contribution in [0.25, 0.3) is 0 Å². The second-order valence-electron chi connectivity index (χ2n) is 4.77. The molecule has 0 aliphatic heterocycles. The van der Waals surface area contributed by atoms with E-state index in [2.05, 4.69) is 21.2 Å². The van der Waals surface area contributed by atoms with Gasteiger partial charge < -0.3 is 14.8 Å². The lowest BCUT2D eigenvalue weighted by Gasteiger charge is -2.10. The molecule has 2 rings (SSSR count). The second-order valence-corrected chi connectivity index (χ2v) is 5.69. The highest BCUT2D eigenvalue weighted by atomic mass is 79.9. The smallest absolute Gasteiger partial charge is 0.354 e. The first-order valence-electron chi connectivity index (χ1n) is 7.04. The summed E-state index contributed by atoms with van der Waals surface area (Å²) in [5, 5.41) is 2.89. The quantitative estimate of drug-likeness (QED) is 0.462. The molecule has 0 saturated heterocycles. The lowest BCUT2D eigenvalue weighted by atomic mass is 10.1. The van der Waals surface area contributed by atoms with Crippen molar-refractivity contribution in [3.8, 4) is 5.75 Å². The summed E-state index contributed by atoms with van der Waals surface area (Å²) in [5.41, 5.74) is 1.16. The van der Waals surface area contributed by atoms with Gasteiger partial charge in [-0.15, -0.1) is 0 Å². The van der Waals surface area contributed by atoms with Crippen LogP contribution in [0.2, 0.25) is 0 Å². The van der Waals surface area contributed by atoms with Gasteiger partial charge in [0.05, 0.1) is 14.2 Å². The van der Waals surface area contributed by atoms with Crippen molar-refractivity contribution in [2.24, 2.45) is 0 Å². The van der Waals surface area contributed by atoms with Gasteiger partial charge in [0, 0.05) is 21.8 Å². The average molecular weight is 390 g/mol. The zero-order chi connectivity index (χ0) is 17.5. The summed E-state index contributed by atoms with van der Waals surface area (Å²) in [4.78, 5) is 24.2. The minimum atomic E-state index is -0.628. The summed E-state index contributed by atoms with van der Waals surface area (Å²) in [6.07, 6.45) is 1.22. The number of carbonyl (C=O) groups excluding carboxylic acids is 2. The number of anilines is 1. The molecule has 0 aromatic heterocycles. The number of hydrogen-bond acceptors (Lipinski definition) is 5. The van der Waals surface area contributed by atoms with Crippen molar-refractivity contribution < 1.29 is 19.1 Å². The first-order valence-corrected chi connectivity index (χ1v) is 7.84. The third-order valence-corrected chi connectivity index (χ3v) is 3.71. The fourth-order valence-electron chi connectivity index (χ4n) is 1.91. The molecule has 124 valence electrons. The van der Waals surface area contributed by atoms with E-state index in [1.54, 1.807) is 55.6 Å². The lowest BCUT2D eigenvalue weighted by Crippen LogP contribution is -2.15. The second kappa shape index (κ2) is 8.31. The van der Waals surface area contributed by atoms with Crippen molar-refractivity contribution in [3.05, 3.63) is 70.3 Å². The van der Waals surface area contributed by atoms with Crippen molar-refractivity contribution in [3.63, 3.8) is 0 Å². The van der Waals surface area contributed by atoms with Gasteiger partial charge in [-0.2, -0.15) is 0 Å². The molecule has 24 heavy (non-hydrogen) atoms. The van der Waals surface area contributed by atoms with Crippen molar-refractivity contribution in [1.29, 1.82) is 0 Å². The molecule has 5 nitrogen and oxygen atoms in total. The molecule has 2 aromatic rings. The Bertz CT molecular complexity index is 752. The lowest BCUT2D eigenvalue weighted by molar-refractivity contribution is -0.135. The Kier molecular flexibility index (Phi) is 6.14.